The van der Waals surface area contributed by atoms with Gasteiger partial charge in [-0.05, 0) is 13.8 Å². The van der Waals surface area contributed by atoms with Crippen molar-refractivity contribution >= 4 is 0 Å². The van der Waals surface area contributed by atoms with Crippen molar-refractivity contribution in [1.82, 2.24) is 15.2 Å². The van der Waals surface area contributed by atoms with E-state index < -0.39 is 0 Å². The summed E-state index contributed by atoms with van der Waals surface area (Å²) >= 11 is 0. The van der Waals surface area contributed by atoms with Gasteiger partial charge in [-0.2, -0.15) is 5.10 Å². The maximum atomic E-state index is 5.30. The minimum Gasteiger partial charge on any atom is -0.378 e. The van der Waals surface area contributed by atoms with Gasteiger partial charge in [0, 0.05) is 20.0 Å². The van der Waals surface area contributed by atoms with E-state index in [1.165, 1.54) is 0 Å². The highest BCUT2D eigenvalue weighted by molar-refractivity contribution is 4.94. The maximum Gasteiger partial charge on any atom is 0.150 e. The number of aryl methyl sites for hydroxylation is 1. The number of rotatable bonds is 4. The van der Waals surface area contributed by atoms with E-state index in [-0.39, 0.29) is 5.60 Å². The lowest BCUT2D eigenvalue weighted by atomic mass is 10.1. The third-order valence-electron chi connectivity index (χ3n) is 2.04. The van der Waals surface area contributed by atoms with Crippen molar-refractivity contribution < 1.29 is 4.74 Å². The Labute approximate surface area is 78.7 Å². The normalized spacial score (nSPS) is 12.0. The maximum absolute atomic E-state index is 5.30. The molecule has 1 aromatic heterocycles. The molecule has 4 heteroatoms. The van der Waals surface area contributed by atoms with Crippen molar-refractivity contribution in [2.24, 2.45) is 0 Å². The highest BCUT2D eigenvalue weighted by Crippen LogP contribution is 2.12. The van der Waals surface area contributed by atoms with Gasteiger partial charge in [-0.1, -0.05) is 6.92 Å². The largest absolute Gasteiger partial charge is 0.378 e. The average Bonchev–Trinajstić information content (AvgIpc) is 2.52. The summed E-state index contributed by atoms with van der Waals surface area (Å²) in [5.41, 5.74) is -0.176. The van der Waals surface area contributed by atoms with Crippen LogP contribution in [0.25, 0.3) is 0 Å². The van der Waals surface area contributed by atoms with Crippen LogP contribution >= 0.6 is 0 Å². The number of hydrogen-bond donors (Lipinski definition) is 1. The first-order valence-corrected chi connectivity index (χ1v) is 4.52. The monoisotopic (exact) mass is 183 g/mol. The molecule has 0 spiro atoms. The molecule has 0 fully saturated rings. The molecule has 1 heterocycles. The minimum absolute atomic E-state index is 0.176. The molecule has 1 N–H and O–H groups in total. The van der Waals surface area contributed by atoms with Crippen LogP contribution in [0.4, 0.5) is 0 Å². The fourth-order valence-electron chi connectivity index (χ4n) is 1.05. The van der Waals surface area contributed by atoms with Gasteiger partial charge in [-0.15, -0.1) is 0 Å². The van der Waals surface area contributed by atoms with Gasteiger partial charge in [0.05, 0.1) is 5.60 Å². The SMILES string of the molecule is CCc1n[nH]c(CC(C)(C)OC)n1. The molecule has 74 valence electrons. The summed E-state index contributed by atoms with van der Waals surface area (Å²) in [5, 5.41) is 6.97. The van der Waals surface area contributed by atoms with E-state index in [0.717, 1.165) is 24.5 Å². The van der Waals surface area contributed by atoms with Crippen LogP contribution in [0.2, 0.25) is 0 Å². The molecule has 0 amide bonds. The third kappa shape index (κ3) is 2.81. The van der Waals surface area contributed by atoms with E-state index in [9.17, 15) is 0 Å². The second kappa shape index (κ2) is 3.87. The van der Waals surface area contributed by atoms with E-state index in [1.54, 1.807) is 7.11 Å². The smallest absolute Gasteiger partial charge is 0.150 e. The third-order valence-corrected chi connectivity index (χ3v) is 2.04. The summed E-state index contributed by atoms with van der Waals surface area (Å²) < 4.78 is 5.30. The molecule has 0 aromatic carbocycles. The second-order valence-corrected chi connectivity index (χ2v) is 3.69. The Bertz CT molecular complexity index is 268. The number of aromatic nitrogens is 3. The first-order valence-electron chi connectivity index (χ1n) is 4.52. The van der Waals surface area contributed by atoms with Gasteiger partial charge in [0.15, 0.2) is 0 Å². The van der Waals surface area contributed by atoms with Gasteiger partial charge in [0.2, 0.25) is 0 Å². The van der Waals surface area contributed by atoms with Crippen molar-refractivity contribution in [2.75, 3.05) is 7.11 Å². The van der Waals surface area contributed by atoms with Gasteiger partial charge < -0.3 is 4.74 Å². The van der Waals surface area contributed by atoms with E-state index in [2.05, 4.69) is 15.2 Å². The number of methoxy groups -OCH3 is 1. The Morgan fingerprint density at radius 3 is 2.62 bits per heavy atom. The minimum atomic E-state index is -0.176. The quantitative estimate of drug-likeness (QED) is 0.766. The standard InChI is InChI=1S/C9H17N3O/c1-5-7-10-8(12-11-7)6-9(2,3)13-4/h5-6H2,1-4H3,(H,10,11,12). The second-order valence-electron chi connectivity index (χ2n) is 3.69. The van der Waals surface area contributed by atoms with E-state index in [4.69, 9.17) is 4.74 Å². The summed E-state index contributed by atoms with van der Waals surface area (Å²) in [6.45, 7) is 6.09. The summed E-state index contributed by atoms with van der Waals surface area (Å²) in [6.07, 6.45) is 1.63. The van der Waals surface area contributed by atoms with Crippen LogP contribution < -0.4 is 0 Å². The number of nitrogens with one attached hydrogen (secondary N) is 1. The van der Waals surface area contributed by atoms with Gasteiger partial charge in [0.1, 0.15) is 11.6 Å². The average molecular weight is 183 g/mol. The van der Waals surface area contributed by atoms with Crippen LogP contribution in [0.5, 0.6) is 0 Å². The Morgan fingerprint density at radius 1 is 1.46 bits per heavy atom. The van der Waals surface area contributed by atoms with Crippen LogP contribution in [0.3, 0.4) is 0 Å². The Balaban J connectivity index is 2.63. The summed E-state index contributed by atoms with van der Waals surface area (Å²) in [6, 6.07) is 0. The molecule has 0 bridgehead atoms. The van der Waals surface area contributed by atoms with Crippen LogP contribution in [0.1, 0.15) is 32.4 Å². The van der Waals surface area contributed by atoms with Crippen molar-refractivity contribution in [3.8, 4) is 0 Å². The van der Waals surface area contributed by atoms with Gasteiger partial charge >= 0.3 is 0 Å². The molecule has 0 aliphatic rings. The molecule has 0 aliphatic heterocycles. The molecule has 0 unspecified atom stereocenters. The fourth-order valence-corrected chi connectivity index (χ4v) is 1.05. The molecule has 0 saturated carbocycles. The molecular formula is C9H17N3O. The van der Waals surface area contributed by atoms with Crippen molar-refractivity contribution in [3.63, 3.8) is 0 Å². The first-order chi connectivity index (χ1) is 6.07. The van der Waals surface area contributed by atoms with Gasteiger partial charge in [0.25, 0.3) is 0 Å². The predicted molar refractivity (Wildman–Crippen MR) is 50.6 cm³/mol. The van der Waals surface area contributed by atoms with E-state index in [0.29, 0.717) is 0 Å². The number of aromatic amines is 1. The predicted octanol–water partition coefficient (Wildman–Crippen LogP) is 1.33. The Hall–Kier alpha value is -0.900. The number of H-pyrrole nitrogens is 1. The zero-order chi connectivity index (χ0) is 9.90. The first kappa shape index (κ1) is 10.2. The van der Waals surface area contributed by atoms with Crippen LogP contribution in [0.15, 0.2) is 0 Å². The molecule has 1 aromatic rings. The molecular weight excluding hydrogens is 166 g/mol. The van der Waals surface area contributed by atoms with Crippen molar-refractivity contribution in [2.45, 2.75) is 39.2 Å². The zero-order valence-electron chi connectivity index (χ0n) is 8.72. The summed E-state index contributed by atoms with van der Waals surface area (Å²) in [7, 11) is 1.71. The highest BCUT2D eigenvalue weighted by atomic mass is 16.5. The van der Waals surface area contributed by atoms with Crippen LogP contribution in [-0.2, 0) is 17.6 Å². The van der Waals surface area contributed by atoms with Crippen LogP contribution in [0, 0.1) is 0 Å². The van der Waals surface area contributed by atoms with Crippen LogP contribution in [-0.4, -0.2) is 27.9 Å². The highest BCUT2D eigenvalue weighted by Gasteiger charge is 2.19. The lowest BCUT2D eigenvalue weighted by molar-refractivity contribution is 0.0216. The Morgan fingerprint density at radius 2 is 2.15 bits per heavy atom. The zero-order valence-corrected chi connectivity index (χ0v) is 8.72. The summed E-state index contributed by atoms with van der Waals surface area (Å²) in [5.74, 6) is 1.76. The molecule has 0 saturated heterocycles. The van der Waals surface area contributed by atoms with E-state index in [1.807, 2.05) is 20.8 Å². The molecule has 1 rings (SSSR count). The molecule has 0 atom stereocenters. The van der Waals surface area contributed by atoms with Gasteiger partial charge in [-0.25, -0.2) is 4.98 Å². The number of ether oxygens (including phenoxy) is 1. The number of nitrogens with zero attached hydrogens (tertiary/aromatic N) is 2. The Kier molecular flexibility index (Phi) is 3.03. The number of hydrogen-bond acceptors (Lipinski definition) is 3. The fraction of sp³-hybridized carbons (Fsp3) is 0.778. The lowest BCUT2D eigenvalue weighted by Crippen LogP contribution is -2.26. The molecule has 4 nitrogen and oxygen atoms in total. The summed E-state index contributed by atoms with van der Waals surface area (Å²) in [4.78, 5) is 4.32. The molecule has 0 radical (unpaired) electrons. The van der Waals surface area contributed by atoms with Crippen molar-refractivity contribution in [3.05, 3.63) is 11.6 Å². The van der Waals surface area contributed by atoms with Gasteiger partial charge in [-0.3, -0.25) is 5.10 Å². The lowest BCUT2D eigenvalue weighted by Gasteiger charge is -2.20. The molecule has 0 aliphatic carbocycles. The molecule has 13 heavy (non-hydrogen) atoms. The van der Waals surface area contributed by atoms with E-state index >= 15 is 0 Å². The van der Waals surface area contributed by atoms with Crippen molar-refractivity contribution in [1.29, 1.82) is 0 Å². The topological polar surface area (TPSA) is 50.8 Å².